The predicted octanol–water partition coefficient (Wildman–Crippen LogP) is 5.18. The molecule has 0 N–H and O–H groups in total. The van der Waals surface area contributed by atoms with Crippen molar-refractivity contribution in [3.8, 4) is 0 Å². The second kappa shape index (κ2) is 9.52. The first-order chi connectivity index (χ1) is 14.7. The van der Waals surface area contributed by atoms with Gasteiger partial charge in [-0.05, 0) is 51.8 Å². The van der Waals surface area contributed by atoms with Crippen LogP contribution in [0.1, 0.15) is 56.5 Å². The monoisotopic (exact) mass is 425 g/mol. The van der Waals surface area contributed by atoms with E-state index in [1.54, 1.807) is 31.2 Å². The summed E-state index contributed by atoms with van der Waals surface area (Å²) in [5.41, 5.74) is -0.283. The molecule has 0 spiro atoms. The number of likely N-dealkylation sites (tertiary alicyclic amines) is 1. The Morgan fingerprint density at radius 1 is 1.03 bits per heavy atom. The van der Waals surface area contributed by atoms with E-state index in [4.69, 9.17) is 14.2 Å². The van der Waals surface area contributed by atoms with Gasteiger partial charge in [0.05, 0.1) is 24.8 Å². The van der Waals surface area contributed by atoms with E-state index in [0.29, 0.717) is 31.6 Å². The number of amides is 1. The second-order valence-electron chi connectivity index (χ2n) is 8.97. The van der Waals surface area contributed by atoms with E-state index >= 15 is 0 Å². The van der Waals surface area contributed by atoms with Gasteiger partial charge in [-0.2, -0.15) is 0 Å². The van der Waals surface area contributed by atoms with Crippen molar-refractivity contribution < 1.29 is 23.8 Å². The molecular weight excluding hydrogens is 394 g/mol. The molecule has 6 heteroatoms. The third-order valence-electron chi connectivity index (χ3n) is 5.15. The van der Waals surface area contributed by atoms with Crippen LogP contribution in [0.5, 0.6) is 0 Å². The van der Waals surface area contributed by atoms with Crippen LogP contribution in [-0.2, 0) is 20.8 Å². The van der Waals surface area contributed by atoms with E-state index < -0.39 is 23.4 Å². The zero-order chi connectivity index (χ0) is 22.5. The summed E-state index contributed by atoms with van der Waals surface area (Å²) in [7, 11) is 0. The molecule has 6 nitrogen and oxygen atoms in total. The highest BCUT2D eigenvalue weighted by atomic mass is 16.6. The Balaban J connectivity index is 1.74. The van der Waals surface area contributed by atoms with Crippen LogP contribution in [0.4, 0.5) is 4.79 Å². The average molecular weight is 426 g/mol. The van der Waals surface area contributed by atoms with E-state index in [2.05, 4.69) is 0 Å². The van der Waals surface area contributed by atoms with Crippen LogP contribution in [0.3, 0.4) is 0 Å². The van der Waals surface area contributed by atoms with Crippen molar-refractivity contribution in [3.05, 3.63) is 71.8 Å². The van der Waals surface area contributed by atoms with Crippen molar-refractivity contribution in [3.63, 3.8) is 0 Å². The fourth-order valence-electron chi connectivity index (χ4n) is 3.70. The fraction of sp³-hybridized carbons (Fsp3) is 0.440. The lowest BCUT2D eigenvalue weighted by Crippen LogP contribution is -2.54. The Bertz CT molecular complexity index is 878. The van der Waals surface area contributed by atoms with Gasteiger partial charge in [0.2, 0.25) is 0 Å². The molecule has 2 atom stereocenters. The molecule has 31 heavy (non-hydrogen) atoms. The molecule has 1 amide bonds. The van der Waals surface area contributed by atoms with Gasteiger partial charge < -0.3 is 14.2 Å². The summed E-state index contributed by atoms with van der Waals surface area (Å²) in [6.07, 6.45) is 0.637. The number of benzene rings is 2. The lowest BCUT2D eigenvalue weighted by Gasteiger charge is -2.38. The summed E-state index contributed by atoms with van der Waals surface area (Å²) in [6, 6.07) is 18.4. The van der Waals surface area contributed by atoms with Crippen LogP contribution in [0.2, 0.25) is 0 Å². The van der Waals surface area contributed by atoms with E-state index in [0.717, 1.165) is 5.56 Å². The maximum atomic E-state index is 13.1. The van der Waals surface area contributed by atoms with E-state index in [1.165, 1.54) is 4.90 Å². The summed E-state index contributed by atoms with van der Waals surface area (Å²) in [5.74, 6) is -0.470. The van der Waals surface area contributed by atoms with Crippen molar-refractivity contribution in [2.24, 2.45) is 0 Å². The predicted molar refractivity (Wildman–Crippen MR) is 117 cm³/mol. The summed E-state index contributed by atoms with van der Waals surface area (Å²) < 4.78 is 17.4. The first-order valence-corrected chi connectivity index (χ1v) is 10.6. The van der Waals surface area contributed by atoms with E-state index in [1.807, 2.05) is 57.2 Å². The summed E-state index contributed by atoms with van der Waals surface area (Å²) in [6.45, 7) is 7.97. The average Bonchev–Trinajstić information content (AvgIpc) is 3.04. The topological polar surface area (TPSA) is 65.1 Å². The zero-order valence-corrected chi connectivity index (χ0v) is 18.7. The highest BCUT2D eigenvalue weighted by Gasteiger charge is 2.50. The molecule has 0 unspecified atom stereocenters. The van der Waals surface area contributed by atoms with Crippen LogP contribution in [-0.4, -0.2) is 40.9 Å². The molecule has 1 saturated heterocycles. The van der Waals surface area contributed by atoms with E-state index in [-0.39, 0.29) is 6.04 Å². The van der Waals surface area contributed by atoms with Gasteiger partial charge in [-0.15, -0.1) is 0 Å². The first-order valence-electron chi connectivity index (χ1n) is 10.6. The Kier molecular flexibility index (Phi) is 7.01. The van der Waals surface area contributed by atoms with Crippen molar-refractivity contribution in [1.29, 1.82) is 0 Å². The van der Waals surface area contributed by atoms with Gasteiger partial charge in [0, 0.05) is 6.42 Å². The van der Waals surface area contributed by atoms with Gasteiger partial charge in [0.25, 0.3) is 0 Å². The molecule has 0 aromatic heterocycles. The third-order valence-corrected chi connectivity index (χ3v) is 5.15. The largest absolute Gasteiger partial charge is 0.444 e. The molecule has 166 valence electrons. The number of carbonyl (C=O) groups is 2. The molecule has 3 rings (SSSR count). The van der Waals surface area contributed by atoms with Gasteiger partial charge in [-0.3, -0.25) is 4.90 Å². The van der Waals surface area contributed by atoms with Gasteiger partial charge in [-0.1, -0.05) is 48.5 Å². The number of carbonyl (C=O) groups excluding carboxylic acids is 2. The van der Waals surface area contributed by atoms with Crippen molar-refractivity contribution in [2.75, 3.05) is 6.61 Å². The maximum Gasteiger partial charge on any atom is 0.413 e. The van der Waals surface area contributed by atoms with Crippen LogP contribution in [0.15, 0.2) is 60.7 Å². The van der Waals surface area contributed by atoms with Gasteiger partial charge in [0.15, 0.2) is 5.72 Å². The molecule has 1 fully saturated rings. The van der Waals surface area contributed by atoms with Crippen LogP contribution < -0.4 is 0 Å². The Labute approximate surface area is 184 Å². The molecule has 0 bridgehead atoms. The molecular formula is C25H31NO5. The van der Waals surface area contributed by atoms with Crippen molar-refractivity contribution in [1.82, 2.24) is 4.90 Å². The van der Waals surface area contributed by atoms with Gasteiger partial charge in [-0.25, -0.2) is 9.59 Å². The second-order valence-corrected chi connectivity index (χ2v) is 8.97. The quantitative estimate of drug-likeness (QED) is 0.597. The minimum absolute atomic E-state index is 0.257. The van der Waals surface area contributed by atoms with Gasteiger partial charge in [0.1, 0.15) is 5.60 Å². The normalized spacial score (nSPS) is 21.0. The van der Waals surface area contributed by atoms with Crippen LogP contribution in [0.25, 0.3) is 0 Å². The van der Waals surface area contributed by atoms with E-state index in [9.17, 15) is 9.59 Å². The molecule has 0 saturated carbocycles. The molecule has 1 aliphatic rings. The molecule has 1 heterocycles. The van der Waals surface area contributed by atoms with Crippen LogP contribution >= 0.6 is 0 Å². The van der Waals surface area contributed by atoms with Crippen LogP contribution in [0, 0.1) is 0 Å². The third kappa shape index (κ3) is 6.07. The summed E-state index contributed by atoms with van der Waals surface area (Å²) >= 11 is 0. The standard InChI is InChI=1S/C25H31NO5/c1-24(2,3)31-23(28)26-21(18-29-17-19-11-7-5-8-12-19)15-16-25(26,4)30-22(27)20-13-9-6-10-14-20/h5-14,21H,15-18H2,1-4H3/t21-,25-/m0/s1. The van der Waals surface area contributed by atoms with Crippen molar-refractivity contribution >= 4 is 12.1 Å². The first kappa shape index (κ1) is 22.8. The van der Waals surface area contributed by atoms with Gasteiger partial charge >= 0.3 is 12.1 Å². The number of esters is 1. The Morgan fingerprint density at radius 2 is 1.65 bits per heavy atom. The minimum Gasteiger partial charge on any atom is -0.444 e. The summed E-state index contributed by atoms with van der Waals surface area (Å²) in [5, 5.41) is 0. The number of hydrogen-bond acceptors (Lipinski definition) is 5. The minimum atomic E-state index is -1.12. The highest BCUT2D eigenvalue weighted by molar-refractivity contribution is 5.89. The lowest BCUT2D eigenvalue weighted by atomic mass is 10.1. The molecule has 1 aliphatic heterocycles. The smallest absolute Gasteiger partial charge is 0.413 e. The SMILES string of the molecule is CC(C)(C)OC(=O)N1[C@H](COCc2ccccc2)CC[C@]1(C)OC(=O)c1ccccc1. The number of rotatable bonds is 6. The number of hydrogen-bond donors (Lipinski definition) is 0. The Hall–Kier alpha value is -2.86. The molecule has 2 aromatic rings. The molecule has 2 aromatic carbocycles. The van der Waals surface area contributed by atoms with Crippen molar-refractivity contribution in [2.45, 2.75) is 64.5 Å². The Morgan fingerprint density at radius 3 is 2.26 bits per heavy atom. The zero-order valence-electron chi connectivity index (χ0n) is 18.7. The fourth-order valence-corrected chi connectivity index (χ4v) is 3.70. The highest BCUT2D eigenvalue weighted by Crippen LogP contribution is 2.37. The summed E-state index contributed by atoms with van der Waals surface area (Å²) in [4.78, 5) is 27.4. The number of nitrogens with zero attached hydrogens (tertiary/aromatic N) is 1. The number of ether oxygens (including phenoxy) is 3. The lowest BCUT2D eigenvalue weighted by molar-refractivity contribution is -0.102. The molecule has 0 aliphatic carbocycles. The maximum absolute atomic E-state index is 13.1. The molecule has 0 radical (unpaired) electrons.